The fourth-order valence-corrected chi connectivity index (χ4v) is 2.72. The van der Waals surface area contributed by atoms with Gasteiger partial charge in [-0.2, -0.15) is 0 Å². The van der Waals surface area contributed by atoms with Gasteiger partial charge >= 0.3 is 0 Å². The van der Waals surface area contributed by atoms with Crippen molar-refractivity contribution in [2.45, 2.75) is 26.7 Å². The molecule has 1 amide bonds. The second kappa shape index (κ2) is 8.96. The Labute approximate surface area is 144 Å². The van der Waals surface area contributed by atoms with Crippen molar-refractivity contribution in [3.05, 3.63) is 59.7 Å². The number of anilines is 2. The molecule has 0 aliphatic rings. The highest BCUT2D eigenvalue weighted by atomic mass is 16.1. The van der Waals surface area contributed by atoms with Crippen LogP contribution in [0.1, 0.15) is 24.5 Å². The maximum absolute atomic E-state index is 12.0. The highest BCUT2D eigenvalue weighted by Gasteiger charge is 2.07. The fraction of sp³-hybridized carbons (Fsp3) is 0.350. The highest BCUT2D eigenvalue weighted by Crippen LogP contribution is 2.15. The third kappa shape index (κ3) is 5.30. The summed E-state index contributed by atoms with van der Waals surface area (Å²) in [6, 6.07) is 16.1. The van der Waals surface area contributed by atoms with Crippen LogP contribution >= 0.6 is 0 Å². The van der Waals surface area contributed by atoms with Crippen LogP contribution < -0.4 is 16.0 Å². The number of hydrogen-bond acceptors (Lipinski definition) is 3. The number of carbonyl (C=O) groups is 1. The molecule has 0 radical (unpaired) electrons. The number of nitrogens with two attached hydrogens (primary N) is 1. The van der Waals surface area contributed by atoms with Crippen molar-refractivity contribution in [3.8, 4) is 0 Å². The molecule has 0 aliphatic heterocycles. The van der Waals surface area contributed by atoms with Crippen LogP contribution in [0, 0.1) is 6.92 Å². The molecular formula is C20H27N3O. The maximum atomic E-state index is 12.0. The predicted octanol–water partition coefficient (Wildman–Crippen LogP) is 3.15. The molecule has 0 heterocycles. The van der Waals surface area contributed by atoms with Gasteiger partial charge in [-0.25, -0.2) is 0 Å². The van der Waals surface area contributed by atoms with E-state index in [0.717, 1.165) is 24.3 Å². The molecule has 0 unspecified atom stereocenters. The minimum Gasteiger partial charge on any atom is -0.399 e. The molecule has 2 aromatic carbocycles. The Hall–Kier alpha value is -2.49. The number of rotatable bonds is 8. The molecule has 2 rings (SSSR count). The summed E-state index contributed by atoms with van der Waals surface area (Å²) in [5.74, 6) is 0.0681. The zero-order valence-corrected chi connectivity index (χ0v) is 14.6. The standard InChI is InChI=1S/C20H27N3O/c1-3-23(18-9-6-7-16(2)15-18)14-13-22-20(24)12-11-17-8-4-5-10-19(17)21/h4-10,15H,3,11-14,21H2,1-2H3,(H,22,24). The SMILES string of the molecule is CCN(CCNC(=O)CCc1ccccc1N)c1cccc(C)c1. The van der Waals surface area contributed by atoms with Gasteiger partial charge in [0.05, 0.1) is 0 Å². The second-order valence-corrected chi connectivity index (χ2v) is 5.97. The van der Waals surface area contributed by atoms with Crippen molar-refractivity contribution in [1.29, 1.82) is 0 Å². The monoisotopic (exact) mass is 325 g/mol. The number of benzene rings is 2. The lowest BCUT2D eigenvalue weighted by atomic mass is 10.1. The number of amides is 1. The summed E-state index contributed by atoms with van der Waals surface area (Å²) in [6.07, 6.45) is 1.14. The third-order valence-corrected chi connectivity index (χ3v) is 4.13. The number of nitrogen functional groups attached to an aromatic ring is 1. The maximum Gasteiger partial charge on any atom is 0.220 e. The first-order valence-electron chi connectivity index (χ1n) is 8.52. The quantitative estimate of drug-likeness (QED) is 0.733. The van der Waals surface area contributed by atoms with E-state index in [1.807, 2.05) is 24.3 Å². The first kappa shape index (κ1) is 17.9. The van der Waals surface area contributed by atoms with Gasteiger partial charge in [0, 0.05) is 37.4 Å². The summed E-state index contributed by atoms with van der Waals surface area (Å²) in [5, 5.41) is 3.00. The summed E-state index contributed by atoms with van der Waals surface area (Å²) in [4.78, 5) is 14.3. The van der Waals surface area contributed by atoms with Crippen LogP contribution in [-0.2, 0) is 11.2 Å². The van der Waals surface area contributed by atoms with Crippen molar-refractivity contribution >= 4 is 17.3 Å². The van der Waals surface area contributed by atoms with Gasteiger partial charge in [0.25, 0.3) is 0 Å². The molecule has 2 aromatic rings. The largest absolute Gasteiger partial charge is 0.399 e. The normalized spacial score (nSPS) is 10.4. The summed E-state index contributed by atoms with van der Waals surface area (Å²) >= 11 is 0. The molecule has 0 atom stereocenters. The van der Waals surface area contributed by atoms with Gasteiger partial charge in [-0.15, -0.1) is 0 Å². The summed E-state index contributed by atoms with van der Waals surface area (Å²) in [7, 11) is 0. The molecule has 3 N–H and O–H groups in total. The summed E-state index contributed by atoms with van der Waals surface area (Å²) in [6.45, 7) is 6.58. The van der Waals surface area contributed by atoms with Crippen LogP contribution in [-0.4, -0.2) is 25.5 Å². The van der Waals surface area contributed by atoms with Gasteiger partial charge in [0.2, 0.25) is 5.91 Å². The van der Waals surface area contributed by atoms with Crippen LogP contribution in [0.25, 0.3) is 0 Å². The molecule has 0 saturated carbocycles. The summed E-state index contributed by atoms with van der Waals surface area (Å²) in [5.41, 5.74) is 10.1. The Bertz CT molecular complexity index is 669. The van der Waals surface area contributed by atoms with Crippen LogP contribution in [0.5, 0.6) is 0 Å². The Morgan fingerprint density at radius 3 is 2.67 bits per heavy atom. The number of carbonyl (C=O) groups excluding carboxylic acids is 1. The number of likely N-dealkylation sites (N-methyl/N-ethyl adjacent to an activating group) is 1. The molecule has 0 spiro atoms. The van der Waals surface area contributed by atoms with E-state index in [2.05, 4.69) is 48.3 Å². The number of nitrogens with one attached hydrogen (secondary N) is 1. The van der Waals surface area contributed by atoms with E-state index in [-0.39, 0.29) is 5.91 Å². The van der Waals surface area contributed by atoms with Gasteiger partial charge in [-0.05, 0) is 49.6 Å². The third-order valence-electron chi connectivity index (χ3n) is 4.13. The van der Waals surface area contributed by atoms with Gasteiger partial charge in [0.1, 0.15) is 0 Å². The highest BCUT2D eigenvalue weighted by molar-refractivity contribution is 5.76. The molecule has 24 heavy (non-hydrogen) atoms. The van der Waals surface area contributed by atoms with E-state index < -0.39 is 0 Å². The average Bonchev–Trinajstić information content (AvgIpc) is 2.58. The summed E-state index contributed by atoms with van der Waals surface area (Å²) < 4.78 is 0. The van der Waals surface area contributed by atoms with E-state index in [1.165, 1.54) is 11.3 Å². The zero-order valence-electron chi connectivity index (χ0n) is 14.6. The van der Waals surface area contributed by atoms with E-state index >= 15 is 0 Å². The number of para-hydroxylation sites is 1. The Morgan fingerprint density at radius 2 is 1.96 bits per heavy atom. The lowest BCUT2D eigenvalue weighted by molar-refractivity contribution is -0.120. The molecule has 4 heteroatoms. The number of hydrogen-bond donors (Lipinski definition) is 2. The predicted molar refractivity (Wildman–Crippen MR) is 101 cm³/mol. The molecule has 0 saturated heterocycles. The lowest BCUT2D eigenvalue weighted by Gasteiger charge is -2.23. The van der Waals surface area contributed by atoms with E-state index in [9.17, 15) is 4.79 Å². The molecule has 0 aromatic heterocycles. The molecule has 0 aliphatic carbocycles. The molecule has 4 nitrogen and oxygen atoms in total. The van der Waals surface area contributed by atoms with Gasteiger partial charge in [-0.3, -0.25) is 4.79 Å². The molecule has 0 fully saturated rings. The van der Waals surface area contributed by atoms with Crippen LogP contribution in [0.4, 0.5) is 11.4 Å². The van der Waals surface area contributed by atoms with Crippen molar-refractivity contribution in [2.24, 2.45) is 0 Å². The minimum atomic E-state index is 0.0681. The number of aryl methyl sites for hydroxylation is 2. The van der Waals surface area contributed by atoms with Crippen LogP contribution in [0.15, 0.2) is 48.5 Å². The van der Waals surface area contributed by atoms with E-state index in [0.29, 0.717) is 19.4 Å². The topological polar surface area (TPSA) is 58.4 Å². The Morgan fingerprint density at radius 1 is 1.17 bits per heavy atom. The smallest absolute Gasteiger partial charge is 0.220 e. The fourth-order valence-electron chi connectivity index (χ4n) is 2.72. The van der Waals surface area contributed by atoms with Crippen molar-refractivity contribution < 1.29 is 4.79 Å². The van der Waals surface area contributed by atoms with Crippen molar-refractivity contribution in [3.63, 3.8) is 0 Å². The molecule has 128 valence electrons. The molecule has 0 bridgehead atoms. The van der Waals surface area contributed by atoms with E-state index in [4.69, 9.17) is 5.73 Å². The average molecular weight is 325 g/mol. The van der Waals surface area contributed by atoms with Crippen LogP contribution in [0.3, 0.4) is 0 Å². The Kier molecular flexibility index (Phi) is 6.67. The van der Waals surface area contributed by atoms with Crippen molar-refractivity contribution in [1.82, 2.24) is 5.32 Å². The second-order valence-electron chi connectivity index (χ2n) is 5.97. The lowest BCUT2D eigenvalue weighted by Crippen LogP contribution is -2.35. The van der Waals surface area contributed by atoms with Crippen molar-refractivity contribution in [2.75, 3.05) is 30.3 Å². The Balaban J connectivity index is 1.76. The zero-order chi connectivity index (χ0) is 17.4. The van der Waals surface area contributed by atoms with Crippen LogP contribution in [0.2, 0.25) is 0 Å². The van der Waals surface area contributed by atoms with Gasteiger partial charge in [-0.1, -0.05) is 30.3 Å². The van der Waals surface area contributed by atoms with Gasteiger partial charge < -0.3 is 16.0 Å². The molecular weight excluding hydrogens is 298 g/mol. The minimum absolute atomic E-state index is 0.0681. The van der Waals surface area contributed by atoms with E-state index in [1.54, 1.807) is 0 Å². The first-order valence-corrected chi connectivity index (χ1v) is 8.52. The number of nitrogens with zero attached hydrogens (tertiary/aromatic N) is 1. The first-order chi connectivity index (χ1) is 11.6. The van der Waals surface area contributed by atoms with Gasteiger partial charge in [0.15, 0.2) is 0 Å².